The van der Waals surface area contributed by atoms with Crippen LogP contribution in [0.2, 0.25) is 5.02 Å². The van der Waals surface area contributed by atoms with Gasteiger partial charge in [-0.1, -0.05) is 345 Å². The summed E-state index contributed by atoms with van der Waals surface area (Å²) in [6.45, 7) is 0. The number of fused-ring (bicyclic) bond motifs is 3. The number of nitrogens with zero attached hydrogens (tertiary/aromatic N) is 4. The summed E-state index contributed by atoms with van der Waals surface area (Å²) in [6.07, 6.45) is 8.67. The molecule has 0 fully saturated rings. The summed E-state index contributed by atoms with van der Waals surface area (Å²) in [5.74, 6) is 0. The van der Waals surface area contributed by atoms with Crippen molar-refractivity contribution < 1.29 is 0 Å². The Kier molecular flexibility index (Phi) is 19.0. The number of aromatic nitrogens is 3. The van der Waals surface area contributed by atoms with Crippen LogP contribution in [0.5, 0.6) is 0 Å². The first kappa shape index (κ1) is 66.5. The molecule has 0 amide bonds. The molecule has 5 heteroatoms. The Morgan fingerprint density at radius 3 is 0.832 bits per heavy atom. The van der Waals surface area contributed by atoms with Gasteiger partial charge in [0.25, 0.3) is 0 Å². The summed E-state index contributed by atoms with van der Waals surface area (Å²) < 4.78 is 6.87. The summed E-state index contributed by atoms with van der Waals surface area (Å²) in [5.41, 5.74) is 33.7. The third kappa shape index (κ3) is 13.8. The van der Waals surface area contributed by atoms with Crippen LogP contribution < -0.4 is 4.90 Å². The normalized spacial score (nSPS) is 11.0. The number of hydrogen-bond acceptors (Lipinski definition) is 1. The predicted octanol–water partition coefficient (Wildman–Crippen LogP) is 28.3. The van der Waals surface area contributed by atoms with Gasteiger partial charge in [0.1, 0.15) is 0 Å². The van der Waals surface area contributed by atoms with Crippen molar-refractivity contribution in [2.45, 2.75) is 0 Å². The Morgan fingerprint density at radius 2 is 0.449 bits per heavy atom. The highest BCUT2D eigenvalue weighted by Crippen LogP contribution is 2.48. The monoisotopic (exact) mass is 1390 g/mol. The molecule has 0 saturated heterocycles. The van der Waals surface area contributed by atoms with Crippen LogP contribution in [0.3, 0.4) is 0 Å². The second kappa shape index (κ2) is 30.7. The van der Waals surface area contributed by atoms with Crippen molar-refractivity contribution in [1.82, 2.24) is 13.2 Å². The first-order chi connectivity index (χ1) is 53.0. The number of rotatable bonds is 14. The highest BCUT2D eigenvalue weighted by Gasteiger charge is 2.25. The molecule has 107 heavy (non-hydrogen) atoms. The van der Waals surface area contributed by atoms with Crippen LogP contribution in [0.25, 0.3) is 139 Å². The van der Waals surface area contributed by atoms with Gasteiger partial charge in [0.05, 0.1) is 27.9 Å². The van der Waals surface area contributed by atoms with Crippen molar-refractivity contribution in [3.05, 3.63) is 448 Å². The van der Waals surface area contributed by atoms with Crippen LogP contribution in [0.1, 0.15) is 0 Å². The molecule has 13 aromatic carbocycles. The van der Waals surface area contributed by atoms with Crippen molar-refractivity contribution >= 4 is 45.2 Å². The molecular weight excluding hydrogens is 1320 g/mol. The third-order valence-electron chi connectivity index (χ3n) is 20.0. The largest absolute Gasteiger partial charge is 0.323 e. The summed E-state index contributed by atoms with van der Waals surface area (Å²) in [6, 6.07) is 148. The van der Waals surface area contributed by atoms with Gasteiger partial charge in [0.15, 0.2) is 0 Å². The van der Waals surface area contributed by atoms with Gasteiger partial charge in [0.2, 0.25) is 0 Å². The minimum atomic E-state index is 0.751. The molecule has 0 bridgehead atoms. The fraction of sp³-hybridized carbons (Fsp3) is 0. The Morgan fingerprint density at radius 1 is 0.187 bits per heavy atom. The topological polar surface area (TPSA) is 16.5 Å². The molecule has 0 aliphatic heterocycles. The second-order valence-corrected chi connectivity index (χ2v) is 26.9. The molecule has 0 saturated carbocycles. The van der Waals surface area contributed by atoms with Crippen LogP contribution in [-0.4, -0.2) is 13.2 Å². The Balaban J connectivity index is 0.000000130. The zero-order valence-corrected chi connectivity index (χ0v) is 59.6. The maximum atomic E-state index is 6.09. The fourth-order valence-corrected chi connectivity index (χ4v) is 15.1. The molecule has 0 atom stereocenters. The Labute approximate surface area is 630 Å². The number of hydrogen-bond donors (Lipinski definition) is 0. The summed E-state index contributed by atoms with van der Waals surface area (Å²) in [4.78, 5) is 2.31. The van der Waals surface area contributed by atoms with E-state index in [0.29, 0.717) is 0 Å². The van der Waals surface area contributed by atoms with Crippen LogP contribution in [0.15, 0.2) is 443 Å². The molecule has 508 valence electrons. The summed E-state index contributed by atoms with van der Waals surface area (Å²) in [7, 11) is 0. The molecular formula is C102H73ClN4. The molecule has 0 aliphatic rings. The second-order valence-electron chi connectivity index (χ2n) is 26.5. The van der Waals surface area contributed by atoms with E-state index in [4.69, 9.17) is 11.6 Å². The standard InChI is InChI=1S/C50H36N2.C32H22ClN.C20H15N/c1-5-15-37(16-6-1)39-28-32-45(33-29-39)52(44-21-11-4-12-22-44)46-34-30-40(31-35-46)38-24-26-43(27-25-38)50-49(42-19-9-3-10-20-42)48(41-17-7-2-8-18-41)47-23-13-14-36-51(47)50;33-28-20-18-24(19-21-28)23-14-16-27(17-15-23)32-31(26-11-5-2-6-12-26)30(25-9-3-1-4-10-25)29-13-7-8-22-34(29)32;1-3-9-16(10-4-1)18-15-21-14-8-7-13-19(21)20(18)17-11-5-2-6-12-17/h1-36H;1-22H;1-15H. The number of halogens is 1. The van der Waals surface area contributed by atoms with E-state index in [1.807, 2.05) is 12.1 Å². The van der Waals surface area contributed by atoms with Gasteiger partial charge in [-0.2, -0.15) is 0 Å². The number of benzene rings is 13. The van der Waals surface area contributed by atoms with E-state index in [9.17, 15) is 0 Å². The summed E-state index contributed by atoms with van der Waals surface area (Å²) in [5, 5.41) is 0.751. The predicted molar refractivity (Wildman–Crippen MR) is 452 cm³/mol. The lowest BCUT2D eigenvalue weighted by Gasteiger charge is -2.26. The molecule has 19 aromatic rings. The molecule has 0 aliphatic carbocycles. The average molecular weight is 1390 g/mol. The maximum absolute atomic E-state index is 6.09. The van der Waals surface area contributed by atoms with Crippen molar-refractivity contribution in [1.29, 1.82) is 0 Å². The van der Waals surface area contributed by atoms with Crippen LogP contribution in [0, 0.1) is 0 Å². The number of pyridine rings is 3. The van der Waals surface area contributed by atoms with E-state index in [0.717, 1.165) is 27.6 Å². The van der Waals surface area contributed by atoms with Gasteiger partial charge in [-0.25, -0.2) is 0 Å². The van der Waals surface area contributed by atoms with E-state index >= 15 is 0 Å². The molecule has 0 radical (unpaired) electrons. The molecule has 0 unspecified atom stereocenters. The van der Waals surface area contributed by atoms with E-state index in [-0.39, 0.29) is 0 Å². The first-order valence-corrected chi connectivity index (χ1v) is 36.7. The van der Waals surface area contributed by atoms with Crippen molar-refractivity contribution in [3.8, 4) is 123 Å². The van der Waals surface area contributed by atoms with Gasteiger partial charge >= 0.3 is 0 Å². The zero-order chi connectivity index (χ0) is 71.7. The Hall–Kier alpha value is -13.8. The lowest BCUT2D eigenvalue weighted by atomic mass is 9.93. The smallest absolute Gasteiger partial charge is 0.0613 e. The molecule has 0 spiro atoms. The fourth-order valence-electron chi connectivity index (χ4n) is 15.0. The van der Waals surface area contributed by atoms with E-state index < -0.39 is 0 Å². The highest BCUT2D eigenvalue weighted by molar-refractivity contribution is 6.30. The van der Waals surface area contributed by atoms with E-state index in [1.54, 1.807) is 0 Å². The van der Waals surface area contributed by atoms with Crippen molar-refractivity contribution in [3.63, 3.8) is 0 Å². The number of anilines is 3. The van der Waals surface area contributed by atoms with Gasteiger partial charge in [-0.15, -0.1) is 0 Å². The summed E-state index contributed by atoms with van der Waals surface area (Å²) >= 11 is 6.09. The van der Waals surface area contributed by atoms with E-state index in [1.165, 1.54) is 134 Å². The van der Waals surface area contributed by atoms with Crippen molar-refractivity contribution in [2.75, 3.05) is 4.90 Å². The van der Waals surface area contributed by atoms with Crippen LogP contribution in [-0.2, 0) is 0 Å². The minimum absolute atomic E-state index is 0.751. The van der Waals surface area contributed by atoms with Gasteiger partial charge < -0.3 is 18.1 Å². The maximum Gasteiger partial charge on any atom is 0.0613 e. The van der Waals surface area contributed by atoms with Crippen LogP contribution in [0.4, 0.5) is 17.1 Å². The SMILES string of the molecule is Clc1ccc(-c2ccc(-c3c(-c4ccccc4)c(-c4ccccc4)c4ccccn34)cc2)cc1.c1ccc(-c2ccc(N(c3ccccc3)c3ccc(-c4ccc(-c5c(-c6ccccc6)c(-c6ccccc6)c6ccccn56)cc4)cc3)cc2)cc1.c1ccc(-c2cn3ccccc3c2-c2ccccc2)cc1. The molecule has 6 aromatic heterocycles. The minimum Gasteiger partial charge on any atom is -0.323 e. The highest BCUT2D eigenvalue weighted by atomic mass is 35.5. The van der Waals surface area contributed by atoms with Crippen molar-refractivity contribution in [2.24, 2.45) is 0 Å². The average Bonchev–Trinajstić information content (AvgIpc) is 1.59. The van der Waals surface area contributed by atoms with Gasteiger partial charge in [-0.05, 0) is 163 Å². The number of para-hydroxylation sites is 1. The quantitative estimate of drug-likeness (QED) is 0.106. The lowest BCUT2D eigenvalue weighted by Crippen LogP contribution is -2.09. The molecule has 0 N–H and O–H groups in total. The third-order valence-corrected chi connectivity index (χ3v) is 20.2. The lowest BCUT2D eigenvalue weighted by molar-refractivity contribution is 1.20. The van der Waals surface area contributed by atoms with Gasteiger partial charge in [-0.3, -0.25) is 0 Å². The van der Waals surface area contributed by atoms with Crippen LogP contribution >= 0.6 is 11.6 Å². The Bertz CT molecular complexity index is 6140. The van der Waals surface area contributed by atoms with Gasteiger partial charge in [0, 0.05) is 80.3 Å². The zero-order valence-electron chi connectivity index (χ0n) is 58.8. The first-order valence-electron chi connectivity index (χ1n) is 36.3. The molecule has 6 heterocycles. The van der Waals surface area contributed by atoms with E-state index in [2.05, 4.69) is 449 Å². The molecule has 19 rings (SSSR count). The molecule has 4 nitrogen and oxygen atoms in total.